The number of aromatic nitrogens is 1. The lowest BCUT2D eigenvalue weighted by molar-refractivity contribution is -0.126. The fourth-order valence-corrected chi connectivity index (χ4v) is 5.06. The Morgan fingerprint density at radius 2 is 2.00 bits per heavy atom. The predicted octanol–water partition coefficient (Wildman–Crippen LogP) is 5.78. The molecular weight excluding hydrogens is 372 g/mol. The minimum absolute atomic E-state index is 0.0526. The Hall–Kier alpha value is -3.27. The van der Waals surface area contributed by atoms with Gasteiger partial charge in [-0.15, -0.1) is 6.58 Å². The van der Waals surface area contributed by atoms with Crippen molar-refractivity contribution in [2.45, 2.75) is 31.7 Å². The number of hydrogen-bond acceptors (Lipinski definition) is 2. The SMILES string of the molecule is C=CCN1C(=O)C2=C(CCCC2)[C@@H]1c1c(-c2cccc(OC)c2)[nH]c2ccccc12. The van der Waals surface area contributed by atoms with Crippen molar-refractivity contribution in [3.05, 3.63) is 77.9 Å². The summed E-state index contributed by atoms with van der Waals surface area (Å²) in [4.78, 5) is 19.0. The number of benzene rings is 2. The quantitative estimate of drug-likeness (QED) is 0.554. The summed E-state index contributed by atoms with van der Waals surface area (Å²) in [5, 5.41) is 1.17. The summed E-state index contributed by atoms with van der Waals surface area (Å²) in [7, 11) is 1.69. The topological polar surface area (TPSA) is 45.3 Å². The molecule has 0 bridgehead atoms. The predicted molar refractivity (Wildman–Crippen MR) is 120 cm³/mol. The second-order valence-corrected chi connectivity index (χ2v) is 8.05. The number of rotatable bonds is 5. The average molecular weight is 399 g/mol. The maximum absolute atomic E-state index is 13.3. The molecule has 0 fully saturated rings. The van der Waals surface area contributed by atoms with E-state index in [1.54, 1.807) is 7.11 Å². The number of amides is 1. The Labute approximate surface area is 176 Å². The van der Waals surface area contributed by atoms with Crippen LogP contribution in [0.5, 0.6) is 5.75 Å². The molecule has 1 amide bonds. The van der Waals surface area contributed by atoms with Crippen molar-refractivity contribution in [3.8, 4) is 17.0 Å². The highest BCUT2D eigenvalue weighted by Crippen LogP contribution is 2.49. The van der Waals surface area contributed by atoms with Crippen LogP contribution in [0.4, 0.5) is 0 Å². The molecule has 2 aromatic carbocycles. The van der Waals surface area contributed by atoms with Crippen LogP contribution in [-0.2, 0) is 4.79 Å². The first kappa shape index (κ1) is 18.7. The largest absolute Gasteiger partial charge is 0.497 e. The molecular formula is C26H26N2O2. The second kappa shape index (κ2) is 7.52. The smallest absolute Gasteiger partial charge is 0.250 e. The van der Waals surface area contributed by atoms with Gasteiger partial charge in [0.2, 0.25) is 0 Å². The molecule has 2 aliphatic rings. The Kier molecular flexibility index (Phi) is 4.70. The van der Waals surface area contributed by atoms with Gasteiger partial charge in [-0.1, -0.05) is 36.4 Å². The first-order chi connectivity index (χ1) is 14.7. The van der Waals surface area contributed by atoms with Crippen molar-refractivity contribution >= 4 is 16.8 Å². The molecule has 1 atom stereocenters. The lowest BCUT2D eigenvalue weighted by Gasteiger charge is -2.28. The van der Waals surface area contributed by atoms with Crippen LogP contribution in [0.2, 0.25) is 0 Å². The molecule has 4 nitrogen and oxygen atoms in total. The summed E-state index contributed by atoms with van der Waals surface area (Å²) in [6.07, 6.45) is 5.94. The number of nitrogens with one attached hydrogen (secondary N) is 1. The Morgan fingerprint density at radius 3 is 2.83 bits per heavy atom. The van der Waals surface area contributed by atoms with Gasteiger partial charge in [-0.3, -0.25) is 4.79 Å². The number of H-pyrrole nitrogens is 1. The normalized spacial score (nSPS) is 18.8. The molecule has 30 heavy (non-hydrogen) atoms. The lowest BCUT2D eigenvalue weighted by atomic mass is 9.86. The van der Waals surface area contributed by atoms with Gasteiger partial charge < -0.3 is 14.6 Å². The van der Waals surface area contributed by atoms with E-state index in [0.29, 0.717) is 6.54 Å². The number of hydrogen-bond donors (Lipinski definition) is 1. The summed E-state index contributed by atoms with van der Waals surface area (Å²) in [6, 6.07) is 16.4. The summed E-state index contributed by atoms with van der Waals surface area (Å²) in [5.74, 6) is 0.997. The molecule has 0 saturated heterocycles. The van der Waals surface area contributed by atoms with E-state index < -0.39 is 0 Å². The number of methoxy groups -OCH3 is 1. The minimum Gasteiger partial charge on any atom is -0.497 e. The van der Waals surface area contributed by atoms with E-state index in [0.717, 1.165) is 53.8 Å². The number of para-hydroxylation sites is 1. The fraction of sp³-hybridized carbons (Fsp3) is 0.269. The minimum atomic E-state index is -0.0526. The Morgan fingerprint density at radius 1 is 1.17 bits per heavy atom. The van der Waals surface area contributed by atoms with Crippen molar-refractivity contribution in [1.29, 1.82) is 0 Å². The standard InChI is InChI=1S/C26H26N2O2/c1-3-15-28-25(19-11-4-5-12-20(19)26(28)29)23-21-13-6-7-14-22(21)27-24(23)17-9-8-10-18(16-17)30-2/h3,6-10,13-14,16,25,27H,1,4-5,11-12,15H2,2H3/t25-/m1/s1. The van der Waals surface area contributed by atoms with E-state index in [2.05, 4.69) is 41.9 Å². The maximum atomic E-state index is 13.3. The maximum Gasteiger partial charge on any atom is 0.250 e. The summed E-state index contributed by atoms with van der Waals surface area (Å²) in [6.45, 7) is 4.47. The lowest BCUT2D eigenvalue weighted by Crippen LogP contribution is -2.30. The van der Waals surface area contributed by atoms with Crippen LogP contribution in [0, 0.1) is 0 Å². The third-order valence-corrected chi connectivity index (χ3v) is 6.38. The first-order valence-corrected chi connectivity index (χ1v) is 10.6. The fourth-order valence-electron chi connectivity index (χ4n) is 5.06. The van der Waals surface area contributed by atoms with Gasteiger partial charge in [0, 0.05) is 34.1 Å². The number of aromatic amines is 1. The highest BCUT2D eigenvalue weighted by atomic mass is 16.5. The van der Waals surface area contributed by atoms with E-state index >= 15 is 0 Å². The van der Waals surface area contributed by atoms with Gasteiger partial charge in [0.1, 0.15) is 5.75 Å². The molecule has 1 aliphatic heterocycles. The summed E-state index contributed by atoms with van der Waals surface area (Å²) in [5.41, 5.74) is 6.71. The molecule has 3 aromatic rings. The van der Waals surface area contributed by atoms with Gasteiger partial charge in [-0.2, -0.15) is 0 Å². The number of nitrogens with zero attached hydrogens (tertiary/aromatic N) is 1. The number of carbonyl (C=O) groups excluding carboxylic acids is 1. The highest BCUT2D eigenvalue weighted by Gasteiger charge is 2.42. The third-order valence-electron chi connectivity index (χ3n) is 6.38. The highest BCUT2D eigenvalue weighted by molar-refractivity contribution is 6.01. The Balaban J connectivity index is 1.77. The van der Waals surface area contributed by atoms with Gasteiger partial charge in [0.05, 0.1) is 18.8 Å². The molecule has 0 spiro atoms. The number of carbonyl (C=O) groups is 1. The molecule has 4 heteroatoms. The van der Waals surface area contributed by atoms with Crippen LogP contribution in [0.25, 0.3) is 22.2 Å². The molecule has 1 aromatic heterocycles. The third kappa shape index (κ3) is 2.86. The van der Waals surface area contributed by atoms with E-state index in [1.807, 2.05) is 29.2 Å². The monoisotopic (exact) mass is 398 g/mol. The van der Waals surface area contributed by atoms with Gasteiger partial charge in [-0.25, -0.2) is 0 Å². The van der Waals surface area contributed by atoms with Gasteiger partial charge >= 0.3 is 0 Å². The molecule has 0 saturated carbocycles. The summed E-state index contributed by atoms with van der Waals surface area (Å²) >= 11 is 0. The van der Waals surface area contributed by atoms with E-state index in [1.165, 1.54) is 16.5 Å². The zero-order valence-electron chi connectivity index (χ0n) is 17.3. The molecule has 0 unspecified atom stereocenters. The van der Waals surface area contributed by atoms with Crippen LogP contribution < -0.4 is 4.74 Å². The van der Waals surface area contributed by atoms with Gasteiger partial charge in [0.25, 0.3) is 5.91 Å². The van der Waals surface area contributed by atoms with Crippen LogP contribution in [0.3, 0.4) is 0 Å². The second-order valence-electron chi connectivity index (χ2n) is 8.05. The first-order valence-electron chi connectivity index (χ1n) is 10.6. The number of ether oxygens (including phenoxy) is 1. The van der Waals surface area contributed by atoms with Crippen molar-refractivity contribution in [2.75, 3.05) is 13.7 Å². The van der Waals surface area contributed by atoms with E-state index in [4.69, 9.17) is 4.74 Å². The van der Waals surface area contributed by atoms with Crippen molar-refractivity contribution in [2.24, 2.45) is 0 Å². The van der Waals surface area contributed by atoms with E-state index in [-0.39, 0.29) is 11.9 Å². The van der Waals surface area contributed by atoms with E-state index in [9.17, 15) is 4.79 Å². The zero-order valence-corrected chi connectivity index (χ0v) is 17.3. The van der Waals surface area contributed by atoms with Crippen LogP contribution in [-0.4, -0.2) is 29.4 Å². The molecule has 1 N–H and O–H groups in total. The molecule has 5 rings (SSSR count). The molecule has 1 aliphatic carbocycles. The van der Waals surface area contributed by atoms with Crippen LogP contribution in [0.15, 0.2) is 72.3 Å². The van der Waals surface area contributed by atoms with Crippen LogP contribution >= 0.6 is 0 Å². The molecule has 152 valence electrons. The van der Waals surface area contributed by atoms with Gasteiger partial charge in [0.15, 0.2) is 0 Å². The van der Waals surface area contributed by atoms with Crippen molar-refractivity contribution in [3.63, 3.8) is 0 Å². The Bertz CT molecular complexity index is 1170. The van der Waals surface area contributed by atoms with Crippen molar-refractivity contribution < 1.29 is 9.53 Å². The average Bonchev–Trinajstić information content (AvgIpc) is 3.30. The zero-order chi connectivity index (χ0) is 20.7. The van der Waals surface area contributed by atoms with Gasteiger partial charge in [-0.05, 0) is 49.5 Å². The summed E-state index contributed by atoms with van der Waals surface area (Å²) < 4.78 is 5.48. The molecule has 2 heterocycles. The molecule has 0 radical (unpaired) electrons. The van der Waals surface area contributed by atoms with Crippen molar-refractivity contribution in [1.82, 2.24) is 9.88 Å². The van der Waals surface area contributed by atoms with Crippen LogP contribution in [0.1, 0.15) is 37.3 Å². The number of fused-ring (bicyclic) bond motifs is 1.